The first-order valence-corrected chi connectivity index (χ1v) is 6.06. The van der Waals surface area contributed by atoms with E-state index in [1.165, 1.54) is 0 Å². The lowest BCUT2D eigenvalue weighted by Gasteiger charge is -2.25. The highest BCUT2D eigenvalue weighted by Crippen LogP contribution is 2.26. The zero-order valence-corrected chi connectivity index (χ0v) is 11.0. The molecule has 0 amide bonds. The van der Waals surface area contributed by atoms with Gasteiger partial charge in [-0.15, -0.1) is 0 Å². The molecule has 3 nitrogen and oxygen atoms in total. The minimum atomic E-state index is 0.452. The fourth-order valence-corrected chi connectivity index (χ4v) is 1.96. The molecular formula is C12H20ClN3. The van der Waals surface area contributed by atoms with Gasteiger partial charge in [0.1, 0.15) is 5.82 Å². The quantitative estimate of drug-likeness (QED) is 0.862. The van der Waals surface area contributed by atoms with Crippen molar-refractivity contribution >= 4 is 17.4 Å². The second-order valence-electron chi connectivity index (χ2n) is 4.24. The molecule has 1 aromatic heterocycles. The van der Waals surface area contributed by atoms with Crippen LogP contribution in [0.4, 0.5) is 5.82 Å². The highest BCUT2D eigenvalue weighted by molar-refractivity contribution is 6.33. The van der Waals surface area contributed by atoms with Crippen LogP contribution in [0.5, 0.6) is 0 Å². The Labute approximate surface area is 103 Å². The zero-order chi connectivity index (χ0) is 12.1. The second kappa shape index (κ2) is 6.06. The van der Waals surface area contributed by atoms with Gasteiger partial charge in [-0.3, -0.25) is 0 Å². The Morgan fingerprint density at radius 2 is 2.19 bits per heavy atom. The van der Waals surface area contributed by atoms with Gasteiger partial charge in [0.05, 0.1) is 5.02 Å². The van der Waals surface area contributed by atoms with Gasteiger partial charge < -0.3 is 10.6 Å². The predicted octanol–water partition coefficient (Wildman–Crippen LogP) is 2.68. The molecule has 0 aliphatic heterocycles. The van der Waals surface area contributed by atoms with E-state index in [2.05, 4.69) is 30.7 Å². The summed E-state index contributed by atoms with van der Waals surface area (Å²) in [6.07, 6.45) is 1.77. The first-order chi connectivity index (χ1) is 7.60. The average molecular weight is 242 g/mol. The van der Waals surface area contributed by atoms with E-state index in [4.69, 9.17) is 17.3 Å². The molecule has 0 aliphatic carbocycles. The summed E-state index contributed by atoms with van der Waals surface area (Å²) in [5.74, 6) is 1.43. The molecular weight excluding hydrogens is 222 g/mol. The molecule has 0 saturated carbocycles. The van der Waals surface area contributed by atoms with E-state index in [1.54, 1.807) is 6.20 Å². The van der Waals surface area contributed by atoms with Gasteiger partial charge in [-0.2, -0.15) is 0 Å². The van der Waals surface area contributed by atoms with E-state index < -0.39 is 0 Å². The molecule has 90 valence electrons. The van der Waals surface area contributed by atoms with Gasteiger partial charge in [0.15, 0.2) is 0 Å². The van der Waals surface area contributed by atoms with E-state index in [1.807, 2.05) is 6.07 Å². The van der Waals surface area contributed by atoms with Crippen LogP contribution < -0.4 is 10.6 Å². The summed E-state index contributed by atoms with van der Waals surface area (Å²) in [5, 5.41) is 0.688. The first kappa shape index (κ1) is 13.3. The Kier molecular flexibility index (Phi) is 5.03. The van der Waals surface area contributed by atoms with Crippen LogP contribution in [-0.2, 0) is 6.54 Å². The molecule has 0 bridgehead atoms. The van der Waals surface area contributed by atoms with Gasteiger partial charge in [-0.25, -0.2) is 4.98 Å². The third-order valence-electron chi connectivity index (χ3n) is 2.44. The van der Waals surface area contributed by atoms with Crippen molar-refractivity contribution in [2.24, 2.45) is 11.7 Å². The predicted molar refractivity (Wildman–Crippen MR) is 69.9 cm³/mol. The van der Waals surface area contributed by atoms with Gasteiger partial charge in [0, 0.05) is 25.8 Å². The third-order valence-corrected chi connectivity index (χ3v) is 2.85. The highest BCUT2D eigenvalue weighted by atomic mass is 35.5. The third kappa shape index (κ3) is 3.09. The molecule has 0 fully saturated rings. The van der Waals surface area contributed by atoms with Crippen molar-refractivity contribution in [3.8, 4) is 0 Å². The normalized spacial score (nSPS) is 10.9. The second-order valence-corrected chi connectivity index (χ2v) is 4.62. The summed E-state index contributed by atoms with van der Waals surface area (Å²) in [4.78, 5) is 6.54. The number of nitrogens with two attached hydrogens (primary N) is 1. The van der Waals surface area contributed by atoms with Gasteiger partial charge in [-0.1, -0.05) is 25.4 Å². The molecule has 0 spiro atoms. The maximum atomic E-state index is 6.28. The Bertz CT molecular complexity index is 339. The van der Waals surface area contributed by atoms with Crippen LogP contribution in [0.25, 0.3) is 0 Å². The van der Waals surface area contributed by atoms with Gasteiger partial charge >= 0.3 is 0 Å². The molecule has 0 radical (unpaired) electrons. The lowest BCUT2D eigenvalue weighted by atomic mass is 10.2. The number of aromatic nitrogens is 1. The standard InChI is InChI=1S/C12H20ClN3/c1-4-16(8-9(2)3)12-11(13)10(7-14)5-6-15-12/h5-6,9H,4,7-8,14H2,1-3H3. The number of pyridine rings is 1. The van der Waals surface area contributed by atoms with Crippen molar-refractivity contribution in [2.45, 2.75) is 27.3 Å². The fraction of sp³-hybridized carbons (Fsp3) is 0.583. The van der Waals surface area contributed by atoms with Crippen LogP contribution in [0.3, 0.4) is 0 Å². The smallest absolute Gasteiger partial charge is 0.147 e. The molecule has 0 aromatic carbocycles. The molecule has 16 heavy (non-hydrogen) atoms. The maximum absolute atomic E-state index is 6.28. The number of anilines is 1. The van der Waals surface area contributed by atoms with Crippen LogP contribution in [0.15, 0.2) is 12.3 Å². The summed E-state index contributed by atoms with van der Waals surface area (Å²) >= 11 is 6.28. The number of rotatable bonds is 5. The molecule has 0 unspecified atom stereocenters. The minimum Gasteiger partial charge on any atom is -0.355 e. The monoisotopic (exact) mass is 241 g/mol. The van der Waals surface area contributed by atoms with Crippen molar-refractivity contribution in [1.29, 1.82) is 0 Å². The van der Waals surface area contributed by atoms with Crippen molar-refractivity contribution in [1.82, 2.24) is 4.98 Å². The van der Waals surface area contributed by atoms with Gasteiger partial charge in [0.25, 0.3) is 0 Å². The van der Waals surface area contributed by atoms with Crippen LogP contribution in [0, 0.1) is 5.92 Å². The minimum absolute atomic E-state index is 0.452. The number of hydrogen-bond acceptors (Lipinski definition) is 3. The Hall–Kier alpha value is -0.800. The molecule has 0 saturated heterocycles. The summed E-state index contributed by atoms with van der Waals surface area (Å²) < 4.78 is 0. The van der Waals surface area contributed by atoms with Crippen LogP contribution in [0.2, 0.25) is 5.02 Å². The van der Waals surface area contributed by atoms with Gasteiger partial charge in [-0.05, 0) is 24.5 Å². The summed E-state index contributed by atoms with van der Waals surface area (Å²) in [5.41, 5.74) is 6.58. The summed E-state index contributed by atoms with van der Waals surface area (Å²) in [6.45, 7) is 8.78. The molecule has 4 heteroatoms. The lowest BCUT2D eigenvalue weighted by molar-refractivity contribution is 0.614. The SMILES string of the molecule is CCN(CC(C)C)c1nccc(CN)c1Cl. The first-order valence-electron chi connectivity index (χ1n) is 5.68. The largest absolute Gasteiger partial charge is 0.355 e. The van der Waals surface area contributed by atoms with Crippen LogP contribution in [-0.4, -0.2) is 18.1 Å². The maximum Gasteiger partial charge on any atom is 0.147 e. The Morgan fingerprint density at radius 1 is 1.50 bits per heavy atom. The molecule has 0 atom stereocenters. The van der Waals surface area contributed by atoms with E-state index in [-0.39, 0.29) is 0 Å². The van der Waals surface area contributed by atoms with E-state index in [0.717, 1.165) is 24.5 Å². The number of nitrogens with zero attached hydrogens (tertiary/aromatic N) is 2. The Balaban J connectivity index is 3.00. The number of halogens is 1. The van der Waals surface area contributed by atoms with Crippen molar-refractivity contribution in [3.63, 3.8) is 0 Å². The zero-order valence-electron chi connectivity index (χ0n) is 10.2. The van der Waals surface area contributed by atoms with E-state index in [0.29, 0.717) is 17.5 Å². The Morgan fingerprint density at radius 3 is 2.69 bits per heavy atom. The highest BCUT2D eigenvalue weighted by Gasteiger charge is 2.13. The van der Waals surface area contributed by atoms with Crippen LogP contribution >= 0.6 is 11.6 Å². The lowest BCUT2D eigenvalue weighted by Crippen LogP contribution is -2.28. The molecule has 1 aromatic rings. The molecule has 2 N–H and O–H groups in total. The molecule has 1 heterocycles. The van der Waals surface area contributed by atoms with E-state index in [9.17, 15) is 0 Å². The molecule has 0 aliphatic rings. The average Bonchev–Trinajstić information content (AvgIpc) is 2.26. The summed E-state index contributed by atoms with van der Waals surface area (Å²) in [7, 11) is 0. The van der Waals surface area contributed by atoms with Crippen LogP contribution in [0.1, 0.15) is 26.3 Å². The van der Waals surface area contributed by atoms with Crippen molar-refractivity contribution < 1.29 is 0 Å². The summed E-state index contributed by atoms with van der Waals surface area (Å²) in [6, 6.07) is 1.87. The fourth-order valence-electron chi connectivity index (χ4n) is 1.66. The van der Waals surface area contributed by atoms with Gasteiger partial charge in [0.2, 0.25) is 0 Å². The van der Waals surface area contributed by atoms with Crippen molar-refractivity contribution in [3.05, 3.63) is 22.8 Å². The molecule has 1 rings (SSSR count). The topological polar surface area (TPSA) is 42.2 Å². The van der Waals surface area contributed by atoms with E-state index >= 15 is 0 Å². The number of hydrogen-bond donors (Lipinski definition) is 1. The van der Waals surface area contributed by atoms with Crippen molar-refractivity contribution in [2.75, 3.05) is 18.0 Å².